The number of esters is 1. The van der Waals surface area contributed by atoms with Gasteiger partial charge in [-0.1, -0.05) is 5.16 Å². The Hall–Kier alpha value is -2.17. The van der Waals surface area contributed by atoms with E-state index < -0.39 is 5.97 Å². The van der Waals surface area contributed by atoms with Crippen LogP contribution in [0.25, 0.3) is 11.3 Å². The lowest BCUT2D eigenvalue weighted by molar-refractivity contribution is 0.0480. The highest BCUT2D eigenvalue weighted by Crippen LogP contribution is 2.19. The second-order valence-electron chi connectivity index (χ2n) is 3.30. The summed E-state index contributed by atoms with van der Waals surface area (Å²) < 4.78 is 22.3. The SMILES string of the molecule is CCOC(=O)c1cc(-c2ccc(F)cc2)no1. The van der Waals surface area contributed by atoms with Crippen molar-refractivity contribution in [1.29, 1.82) is 0 Å². The number of nitrogens with zero attached hydrogens (tertiary/aromatic N) is 1. The van der Waals surface area contributed by atoms with Crippen LogP contribution in [-0.4, -0.2) is 17.7 Å². The van der Waals surface area contributed by atoms with Gasteiger partial charge in [-0.15, -0.1) is 0 Å². The molecule has 2 aromatic rings. The van der Waals surface area contributed by atoms with E-state index in [1.165, 1.54) is 18.2 Å². The van der Waals surface area contributed by atoms with Gasteiger partial charge in [0.25, 0.3) is 0 Å². The van der Waals surface area contributed by atoms with E-state index in [-0.39, 0.29) is 18.2 Å². The van der Waals surface area contributed by atoms with E-state index in [2.05, 4.69) is 5.16 Å². The summed E-state index contributed by atoms with van der Waals surface area (Å²) in [5, 5.41) is 3.72. The molecule has 17 heavy (non-hydrogen) atoms. The van der Waals surface area contributed by atoms with Crippen LogP contribution in [0.5, 0.6) is 0 Å². The van der Waals surface area contributed by atoms with Gasteiger partial charge in [-0.25, -0.2) is 9.18 Å². The number of hydrogen-bond acceptors (Lipinski definition) is 4. The summed E-state index contributed by atoms with van der Waals surface area (Å²) in [5.74, 6) is -0.859. The van der Waals surface area contributed by atoms with Crippen molar-refractivity contribution in [3.8, 4) is 11.3 Å². The van der Waals surface area contributed by atoms with Crippen LogP contribution in [0, 0.1) is 5.82 Å². The lowest BCUT2D eigenvalue weighted by Crippen LogP contribution is -2.02. The molecule has 0 bridgehead atoms. The minimum atomic E-state index is -0.562. The van der Waals surface area contributed by atoms with E-state index in [1.54, 1.807) is 19.1 Å². The number of carbonyl (C=O) groups excluding carboxylic acids is 1. The van der Waals surface area contributed by atoms with Crippen LogP contribution in [0.3, 0.4) is 0 Å². The lowest BCUT2D eigenvalue weighted by Gasteiger charge is -1.94. The van der Waals surface area contributed by atoms with Gasteiger partial charge in [0.1, 0.15) is 11.5 Å². The Morgan fingerprint density at radius 1 is 1.41 bits per heavy atom. The fourth-order valence-electron chi connectivity index (χ4n) is 1.33. The number of halogens is 1. The summed E-state index contributed by atoms with van der Waals surface area (Å²) in [6.45, 7) is 1.97. The third-order valence-electron chi connectivity index (χ3n) is 2.13. The molecule has 2 rings (SSSR count). The molecule has 0 amide bonds. The number of rotatable bonds is 3. The van der Waals surface area contributed by atoms with Crippen LogP contribution < -0.4 is 0 Å². The van der Waals surface area contributed by atoms with Crippen LogP contribution in [0.1, 0.15) is 17.5 Å². The predicted octanol–water partition coefficient (Wildman–Crippen LogP) is 2.66. The van der Waals surface area contributed by atoms with Crippen LogP contribution >= 0.6 is 0 Å². The fourth-order valence-corrected chi connectivity index (χ4v) is 1.33. The Morgan fingerprint density at radius 3 is 2.76 bits per heavy atom. The van der Waals surface area contributed by atoms with Gasteiger partial charge in [0.2, 0.25) is 5.76 Å². The Labute approximate surface area is 97.0 Å². The molecule has 0 atom stereocenters. The molecule has 1 heterocycles. The molecule has 1 aromatic heterocycles. The molecule has 0 aliphatic heterocycles. The maximum atomic E-state index is 12.7. The minimum absolute atomic E-state index is 0.0335. The second-order valence-corrected chi connectivity index (χ2v) is 3.30. The number of aromatic nitrogens is 1. The van der Waals surface area contributed by atoms with Gasteiger partial charge in [0, 0.05) is 11.6 Å². The molecule has 0 saturated heterocycles. The molecule has 5 heteroatoms. The lowest BCUT2D eigenvalue weighted by atomic mass is 10.1. The molecule has 0 N–H and O–H groups in total. The summed E-state index contributed by atoms with van der Waals surface area (Å²) >= 11 is 0. The van der Waals surface area contributed by atoms with Crippen LogP contribution in [0.4, 0.5) is 4.39 Å². The molecule has 0 radical (unpaired) electrons. The van der Waals surface area contributed by atoms with Gasteiger partial charge in [-0.2, -0.15) is 0 Å². The monoisotopic (exact) mass is 235 g/mol. The predicted molar refractivity (Wildman–Crippen MR) is 57.9 cm³/mol. The molecule has 0 saturated carbocycles. The molecule has 0 aliphatic carbocycles. The average Bonchev–Trinajstić information content (AvgIpc) is 2.80. The first kappa shape index (κ1) is 11.3. The minimum Gasteiger partial charge on any atom is -0.460 e. The molecular weight excluding hydrogens is 225 g/mol. The number of benzene rings is 1. The first-order valence-corrected chi connectivity index (χ1v) is 5.10. The molecule has 0 spiro atoms. The van der Waals surface area contributed by atoms with Gasteiger partial charge >= 0.3 is 5.97 Å². The number of carbonyl (C=O) groups is 1. The maximum absolute atomic E-state index is 12.7. The summed E-state index contributed by atoms with van der Waals surface area (Å²) in [6, 6.07) is 7.21. The smallest absolute Gasteiger partial charge is 0.377 e. The van der Waals surface area contributed by atoms with Gasteiger partial charge < -0.3 is 9.26 Å². The van der Waals surface area contributed by atoms with Crippen LogP contribution in [0.2, 0.25) is 0 Å². The third kappa shape index (κ3) is 2.50. The number of hydrogen-bond donors (Lipinski definition) is 0. The fraction of sp³-hybridized carbons (Fsp3) is 0.167. The molecular formula is C12H10FNO3. The van der Waals surface area contributed by atoms with Crippen molar-refractivity contribution in [3.63, 3.8) is 0 Å². The molecule has 0 unspecified atom stereocenters. The van der Waals surface area contributed by atoms with E-state index in [0.717, 1.165) is 0 Å². The first-order chi connectivity index (χ1) is 8.20. The van der Waals surface area contributed by atoms with Gasteiger partial charge in [-0.3, -0.25) is 0 Å². The molecule has 4 nitrogen and oxygen atoms in total. The van der Waals surface area contributed by atoms with E-state index >= 15 is 0 Å². The summed E-state index contributed by atoms with van der Waals surface area (Å²) in [4.78, 5) is 11.3. The Kier molecular flexibility index (Phi) is 3.18. The molecule has 88 valence electrons. The van der Waals surface area contributed by atoms with Crippen molar-refractivity contribution >= 4 is 5.97 Å². The van der Waals surface area contributed by atoms with Crippen LogP contribution in [0.15, 0.2) is 34.9 Å². The molecule has 0 aliphatic rings. The highest BCUT2D eigenvalue weighted by atomic mass is 19.1. The molecule has 0 fully saturated rings. The Bertz CT molecular complexity index is 519. The normalized spacial score (nSPS) is 10.2. The van der Waals surface area contributed by atoms with Crippen molar-refractivity contribution in [1.82, 2.24) is 5.16 Å². The van der Waals surface area contributed by atoms with Crippen molar-refractivity contribution in [2.75, 3.05) is 6.61 Å². The first-order valence-electron chi connectivity index (χ1n) is 5.10. The quantitative estimate of drug-likeness (QED) is 0.767. The highest BCUT2D eigenvalue weighted by Gasteiger charge is 2.14. The zero-order chi connectivity index (χ0) is 12.3. The largest absolute Gasteiger partial charge is 0.460 e. The third-order valence-corrected chi connectivity index (χ3v) is 2.13. The van der Waals surface area contributed by atoms with Crippen molar-refractivity contribution in [2.45, 2.75) is 6.92 Å². The standard InChI is InChI=1S/C12H10FNO3/c1-2-16-12(15)11-7-10(14-17-11)8-3-5-9(13)6-4-8/h3-7H,2H2,1H3. The topological polar surface area (TPSA) is 52.3 Å². The Morgan fingerprint density at radius 2 is 2.12 bits per heavy atom. The van der Waals surface area contributed by atoms with E-state index in [4.69, 9.17) is 9.26 Å². The van der Waals surface area contributed by atoms with E-state index in [9.17, 15) is 9.18 Å². The number of ether oxygens (including phenoxy) is 1. The molecule has 1 aromatic carbocycles. The van der Waals surface area contributed by atoms with Gasteiger partial charge in [-0.05, 0) is 31.2 Å². The maximum Gasteiger partial charge on any atom is 0.377 e. The summed E-state index contributed by atoms with van der Waals surface area (Å²) in [6.07, 6.45) is 0. The van der Waals surface area contributed by atoms with Crippen molar-refractivity contribution in [3.05, 3.63) is 41.9 Å². The van der Waals surface area contributed by atoms with Crippen molar-refractivity contribution < 1.29 is 18.4 Å². The van der Waals surface area contributed by atoms with Gasteiger partial charge in [0.15, 0.2) is 0 Å². The highest BCUT2D eigenvalue weighted by molar-refractivity contribution is 5.87. The van der Waals surface area contributed by atoms with Crippen molar-refractivity contribution in [2.24, 2.45) is 0 Å². The summed E-state index contributed by atoms with van der Waals surface area (Å²) in [5.41, 5.74) is 1.14. The van der Waals surface area contributed by atoms with E-state index in [0.29, 0.717) is 11.3 Å². The second kappa shape index (κ2) is 4.78. The summed E-state index contributed by atoms with van der Waals surface area (Å²) in [7, 11) is 0. The Balaban J connectivity index is 2.23. The van der Waals surface area contributed by atoms with Crippen LogP contribution in [-0.2, 0) is 4.74 Å². The zero-order valence-electron chi connectivity index (χ0n) is 9.14. The average molecular weight is 235 g/mol. The van der Waals surface area contributed by atoms with E-state index in [1.807, 2.05) is 0 Å². The van der Waals surface area contributed by atoms with Gasteiger partial charge in [0.05, 0.1) is 6.61 Å². The zero-order valence-corrected chi connectivity index (χ0v) is 9.14.